The number of hydrogen-bond acceptors (Lipinski definition) is 3. The molecule has 2 fully saturated rings. The number of imide groups is 1. The lowest BCUT2D eigenvalue weighted by Crippen LogP contribution is -2.39. The standard InChI is InChI=1S/C9H14N2O2/c1-4(2)3-11-8(12)5-6(7(5)10)9(11)13/h4-7H,3,10H2,1-2H3. The Labute approximate surface area is 77.1 Å². The Morgan fingerprint density at radius 1 is 1.31 bits per heavy atom. The third-order valence-electron chi connectivity index (χ3n) is 2.73. The minimum Gasteiger partial charge on any atom is -0.326 e. The van der Waals surface area contributed by atoms with Crippen LogP contribution in [0.4, 0.5) is 0 Å². The van der Waals surface area contributed by atoms with Crippen molar-refractivity contribution in [1.82, 2.24) is 4.90 Å². The monoisotopic (exact) mass is 182 g/mol. The van der Waals surface area contributed by atoms with Gasteiger partial charge >= 0.3 is 0 Å². The minimum atomic E-state index is -0.191. The molecular weight excluding hydrogens is 168 g/mol. The second-order valence-corrected chi connectivity index (χ2v) is 4.31. The highest BCUT2D eigenvalue weighted by atomic mass is 16.2. The van der Waals surface area contributed by atoms with Crippen molar-refractivity contribution in [1.29, 1.82) is 0 Å². The summed E-state index contributed by atoms with van der Waals surface area (Å²) >= 11 is 0. The van der Waals surface area contributed by atoms with Crippen molar-refractivity contribution in [3.63, 3.8) is 0 Å². The Morgan fingerprint density at radius 3 is 2.15 bits per heavy atom. The second kappa shape index (κ2) is 2.54. The fourth-order valence-electron chi connectivity index (χ4n) is 1.98. The summed E-state index contributed by atoms with van der Waals surface area (Å²) in [5.74, 6) is -0.161. The number of nitrogens with zero attached hydrogens (tertiary/aromatic N) is 1. The smallest absolute Gasteiger partial charge is 0.234 e. The first-order valence-electron chi connectivity index (χ1n) is 4.65. The molecule has 13 heavy (non-hydrogen) atoms. The maximum Gasteiger partial charge on any atom is 0.234 e. The highest BCUT2D eigenvalue weighted by Gasteiger charge is 2.65. The van der Waals surface area contributed by atoms with Gasteiger partial charge in [-0.3, -0.25) is 14.5 Å². The van der Waals surface area contributed by atoms with Crippen molar-refractivity contribution in [3.05, 3.63) is 0 Å². The molecule has 1 heterocycles. The first-order valence-corrected chi connectivity index (χ1v) is 4.65. The molecule has 2 N–H and O–H groups in total. The lowest BCUT2D eigenvalue weighted by Gasteiger charge is -2.19. The Morgan fingerprint density at radius 2 is 1.77 bits per heavy atom. The van der Waals surface area contributed by atoms with Crippen molar-refractivity contribution in [2.45, 2.75) is 19.9 Å². The third-order valence-corrected chi connectivity index (χ3v) is 2.73. The predicted molar refractivity (Wildman–Crippen MR) is 46.5 cm³/mol. The largest absolute Gasteiger partial charge is 0.326 e. The van der Waals surface area contributed by atoms with Crippen molar-refractivity contribution in [3.8, 4) is 0 Å². The van der Waals surface area contributed by atoms with Gasteiger partial charge in [0.25, 0.3) is 0 Å². The fourth-order valence-corrected chi connectivity index (χ4v) is 1.98. The van der Waals surface area contributed by atoms with Crippen LogP contribution in [0.3, 0.4) is 0 Å². The molecular formula is C9H14N2O2. The molecule has 1 saturated carbocycles. The highest BCUT2D eigenvalue weighted by Crippen LogP contribution is 2.45. The summed E-state index contributed by atoms with van der Waals surface area (Å²) in [5, 5.41) is 0. The van der Waals surface area contributed by atoms with Gasteiger partial charge in [0, 0.05) is 12.6 Å². The summed E-state index contributed by atoms with van der Waals surface area (Å²) in [5.41, 5.74) is 5.58. The number of hydrogen-bond donors (Lipinski definition) is 1. The van der Waals surface area contributed by atoms with E-state index in [0.29, 0.717) is 12.5 Å². The molecule has 0 spiro atoms. The molecule has 2 amide bonds. The molecule has 2 unspecified atom stereocenters. The number of nitrogens with two attached hydrogens (primary N) is 1. The van der Waals surface area contributed by atoms with Crippen LogP contribution in [0.15, 0.2) is 0 Å². The summed E-state index contributed by atoms with van der Waals surface area (Å²) in [6, 6.07) is -0.191. The van der Waals surface area contributed by atoms with E-state index in [-0.39, 0.29) is 29.7 Å². The van der Waals surface area contributed by atoms with E-state index in [9.17, 15) is 9.59 Å². The second-order valence-electron chi connectivity index (χ2n) is 4.31. The van der Waals surface area contributed by atoms with E-state index >= 15 is 0 Å². The fraction of sp³-hybridized carbons (Fsp3) is 0.778. The quantitative estimate of drug-likeness (QED) is 0.590. The van der Waals surface area contributed by atoms with E-state index < -0.39 is 0 Å². The minimum absolute atomic E-state index is 0.0591. The number of amides is 2. The number of likely N-dealkylation sites (tertiary alicyclic amines) is 1. The summed E-state index contributed by atoms with van der Waals surface area (Å²) in [6.45, 7) is 4.52. The van der Waals surface area contributed by atoms with Gasteiger partial charge < -0.3 is 5.73 Å². The SMILES string of the molecule is CC(C)CN1C(=O)C2C(N)C2C1=O. The summed E-state index contributed by atoms with van der Waals surface area (Å²) < 4.78 is 0. The molecule has 72 valence electrons. The maximum absolute atomic E-state index is 11.5. The van der Waals surface area contributed by atoms with Crippen LogP contribution in [0.5, 0.6) is 0 Å². The molecule has 4 nitrogen and oxygen atoms in total. The van der Waals surface area contributed by atoms with Crippen LogP contribution in [0.2, 0.25) is 0 Å². The lowest BCUT2D eigenvalue weighted by molar-refractivity contribution is -0.142. The van der Waals surface area contributed by atoms with Crippen molar-refractivity contribution < 1.29 is 9.59 Å². The lowest BCUT2D eigenvalue weighted by atomic mass is 10.2. The Bertz CT molecular complexity index is 253. The van der Waals surface area contributed by atoms with Crippen LogP contribution < -0.4 is 5.73 Å². The van der Waals surface area contributed by atoms with E-state index in [1.54, 1.807) is 0 Å². The number of fused-ring (bicyclic) bond motifs is 1. The molecule has 0 bridgehead atoms. The molecule has 0 aromatic carbocycles. The Balaban J connectivity index is 2.09. The number of piperidine rings is 1. The topological polar surface area (TPSA) is 63.4 Å². The van der Waals surface area contributed by atoms with Gasteiger partial charge in [0.1, 0.15) is 0 Å². The van der Waals surface area contributed by atoms with Crippen molar-refractivity contribution in [2.24, 2.45) is 23.5 Å². The summed E-state index contributed by atoms with van der Waals surface area (Å²) in [6.07, 6.45) is 0. The van der Waals surface area contributed by atoms with Crippen molar-refractivity contribution >= 4 is 11.8 Å². The summed E-state index contributed by atoms with van der Waals surface area (Å²) in [4.78, 5) is 24.4. The summed E-state index contributed by atoms with van der Waals surface area (Å²) in [7, 11) is 0. The van der Waals surface area contributed by atoms with E-state index in [1.807, 2.05) is 13.8 Å². The van der Waals surface area contributed by atoms with E-state index in [0.717, 1.165) is 0 Å². The van der Waals surface area contributed by atoms with Gasteiger partial charge in [-0.1, -0.05) is 13.8 Å². The molecule has 0 radical (unpaired) electrons. The highest BCUT2D eigenvalue weighted by molar-refractivity contribution is 6.10. The van der Waals surface area contributed by atoms with Crippen LogP contribution in [0.1, 0.15) is 13.8 Å². The molecule has 1 aliphatic heterocycles. The number of carbonyl (C=O) groups excluding carboxylic acids is 2. The van der Waals surface area contributed by atoms with Gasteiger partial charge in [-0.2, -0.15) is 0 Å². The normalized spacial score (nSPS) is 37.2. The first-order chi connectivity index (χ1) is 6.04. The third kappa shape index (κ3) is 1.09. The first kappa shape index (κ1) is 8.69. The van der Waals surface area contributed by atoms with Gasteiger partial charge in [0.15, 0.2) is 0 Å². The number of rotatable bonds is 2. The van der Waals surface area contributed by atoms with Gasteiger partial charge in [-0.25, -0.2) is 0 Å². The molecule has 1 aliphatic carbocycles. The van der Waals surface area contributed by atoms with Gasteiger partial charge in [0.05, 0.1) is 11.8 Å². The molecule has 4 heteroatoms. The van der Waals surface area contributed by atoms with E-state index in [1.165, 1.54) is 4.90 Å². The molecule has 2 rings (SSSR count). The van der Waals surface area contributed by atoms with Crippen LogP contribution in [-0.4, -0.2) is 29.3 Å². The predicted octanol–water partition coefficient (Wildman–Crippen LogP) is -0.416. The van der Waals surface area contributed by atoms with Gasteiger partial charge in [0.2, 0.25) is 11.8 Å². The van der Waals surface area contributed by atoms with Crippen LogP contribution in [0.25, 0.3) is 0 Å². The average Bonchev–Trinajstić information content (AvgIpc) is 2.62. The van der Waals surface area contributed by atoms with Crippen LogP contribution >= 0.6 is 0 Å². The zero-order chi connectivity index (χ0) is 9.75. The molecule has 2 atom stereocenters. The molecule has 0 aromatic heterocycles. The molecule has 1 saturated heterocycles. The average molecular weight is 182 g/mol. The van der Waals surface area contributed by atoms with Crippen molar-refractivity contribution in [2.75, 3.05) is 6.54 Å². The van der Waals surface area contributed by atoms with Gasteiger partial charge in [-0.15, -0.1) is 0 Å². The van der Waals surface area contributed by atoms with Crippen LogP contribution in [-0.2, 0) is 9.59 Å². The Hall–Kier alpha value is -0.900. The molecule has 2 aliphatic rings. The van der Waals surface area contributed by atoms with E-state index in [4.69, 9.17) is 5.73 Å². The zero-order valence-electron chi connectivity index (χ0n) is 7.86. The molecule has 0 aromatic rings. The van der Waals surface area contributed by atoms with E-state index in [2.05, 4.69) is 0 Å². The zero-order valence-corrected chi connectivity index (χ0v) is 7.86. The maximum atomic E-state index is 11.5. The van der Waals surface area contributed by atoms with Gasteiger partial charge in [-0.05, 0) is 5.92 Å². The Kier molecular flexibility index (Phi) is 1.70. The van der Waals surface area contributed by atoms with Crippen LogP contribution in [0, 0.1) is 17.8 Å². The number of carbonyl (C=O) groups is 2.